The molecule has 0 spiro atoms. The number of methoxy groups -OCH3 is 1. The van der Waals surface area contributed by atoms with E-state index >= 15 is 0 Å². The van der Waals surface area contributed by atoms with Crippen LogP contribution in [0.2, 0.25) is 5.02 Å². The van der Waals surface area contributed by atoms with Crippen molar-refractivity contribution in [3.63, 3.8) is 0 Å². The van der Waals surface area contributed by atoms with E-state index in [2.05, 4.69) is 15.8 Å². The molecule has 36 heavy (non-hydrogen) atoms. The number of carbonyl (C=O) groups is 2. The summed E-state index contributed by atoms with van der Waals surface area (Å²) in [6, 6.07) is 18.2. The van der Waals surface area contributed by atoms with E-state index in [-0.39, 0.29) is 36.9 Å². The third kappa shape index (κ3) is 7.75. The van der Waals surface area contributed by atoms with Crippen molar-refractivity contribution in [1.82, 2.24) is 15.0 Å². The van der Waals surface area contributed by atoms with Crippen LogP contribution in [-0.4, -0.2) is 51.0 Å². The molecule has 3 aromatic rings. The number of furan rings is 1. The van der Waals surface area contributed by atoms with E-state index in [1.54, 1.807) is 54.6 Å². The van der Waals surface area contributed by atoms with Crippen molar-refractivity contribution in [3.8, 4) is 0 Å². The lowest BCUT2D eigenvalue weighted by atomic mass is 10.2. The Morgan fingerprint density at radius 3 is 2.44 bits per heavy atom. The molecule has 190 valence electrons. The first kappa shape index (κ1) is 27.1. The van der Waals surface area contributed by atoms with E-state index in [4.69, 9.17) is 20.8 Å². The van der Waals surface area contributed by atoms with Crippen LogP contribution in [-0.2, 0) is 37.4 Å². The van der Waals surface area contributed by atoms with Crippen molar-refractivity contribution in [2.24, 2.45) is 5.10 Å². The van der Waals surface area contributed by atoms with E-state index in [0.29, 0.717) is 10.8 Å². The standard InChI is InChI=1S/C24H25ClN4O6S/c1-34-14-13-26-23(30)24(31)28-27-15-20-11-12-21(35-20)17-29(16-18-7-9-19(25)10-8-18)36(32,33)22-5-3-2-4-6-22/h2-12,15H,13-14,16-17H2,1H3,(H,26,30)(H,28,31)/b27-15+. The number of halogens is 1. The van der Waals surface area contributed by atoms with Gasteiger partial charge >= 0.3 is 11.8 Å². The minimum atomic E-state index is -3.85. The Balaban J connectivity index is 1.71. The number of nitrogens with one attached hydrogen (secondary N) is 2. The number of sulfonamides is 1. The molecule has 0 unspecified atom stereocenters. The quantitative estimate of drug-likeness (QED) is 0.169. The first-order valence-corrected chi connectivity index (χ1v) is 12.6. The van der Waals surface area contributed by atoms with Crippen LogP contribution in [0.1, 0.15) is 17.1 Å². The summed E-state index contributed by atoms with van der Waals surface area (Å²) in [5, 5.41) is 6.61. The fourth-order valence-corrected chi connectivity index (χ4v) is 4.58. The first-order valence-electron chi connectivity index (χ1n) is 10.8. The molecule has 2 N–H and O–H groups in total. The van der Waals surface area contributed by atoms with Crippen molar-refractivity contribution >= 4 is 39.7 Å². The SMILES string of the molecule is COCCNC(=O)C(=O)N/N=C/c1ccc(CN(Cc2ccc(Cl)cc2)S(=O)(=O)c2ccccc2)o1. The second-order valence-electron chi connectivity index (χ2n) is 7.46. The largest absolute Gasteiger partial charge is 0.459 e. The number of rotatable bonds is 11. The molecule has 2 amide bonds. The average molecular weight is 533 g/mol. The van der Waals surface area contributed by atoms with Gasteiger partial charge in [0.25, 0.3) is 0 Å². The highest BCUT2D eigenvalue weighted by Gasteiger charge is 2.26. The van der Waals surface area contributed by atoms with Gasteiger partial charge in [-0.05, 0) is 42.0 Å². The maximum Gasteiger partial charge on any atom is 0.329 e. The molecule has 1 heterocycles. The second-order valence-corrected chi connectivity index (χ2v) is 9.84. The Morgan fingerprint density at radius 1 is 1.03 bits per heavy atom. The van der Waals surface area contributed by atoms with Gasteiger partial charge in [0.15, 0.2) is 0 Å². The predicted molar refractivity (Wildman–Crippen MR) is 134 cm³/mol. The van der Waals surface area contributed by atoms with Gasteiger partial charge in [0.2, 0.25) is 10.0 Å². The molecular weight excluding hydrogens is 508 g/mol. The number of hydrazone groups is 1. The lowest BCUT2D eigenvalue weighted by Gasteiger charge is -2.21. The van der Waals surface area contributed by atoms with Crippen LogP contribution in [0.5, 0.6) is 0 Å². The summed E-state index contributed by atoms with van der Waals surface area (Å²) in [6.45, 7) is 0.494. The van der Waals surface area contributed by atoms with Gasteiger partial charge in [-0.2, -0.15) is 9.41 Å². The zero-order valence-corrected chi connectivity index (χ0v) is 21.0. The second kappa shape index (κ2) is 13.0. The fourth-order valence-electron chi connectivity index (χ4n) is 3.04. The third-order valence-electron chi connectivity index (χ3n) is 4.82. The molecule has 0 aliphatic carbocycles. The number of carbonyl (C=O) groups excluding carboxylic acids is 2. The number of nitrogens with zero attached hydrogens (tertiary/aromatic N) is 2. The van der Waals surface area contributed by atoms with Crippen LogP contribution in [0.25, 0.3) is 0 Å². The molecule has 3 rings (SSSR count). The van der Waals surface area contributed by atoms with Gasteiger partial charge < -0.3 is 14.5 Å². The average Bonchev–Trinajstić information content (AvgIpc) is 3.32. The van der Waals surface area contributed by atoms with Crippen LogP contribution in [0.15, 0.2) is 81.1 Å². The molecule has 0 bridgehead atoms. The van der Waals surface area contributed by atoms with Crippen molar-refractivity contribution in [2.75, 3.05) is 20.3 Å². The van der Waals surface area contributed by atoms with Gasteiger partial charge in [0, 0.05) is 25.2 Å². The van der Waals surface area contributed by atoms with Crippen LogP contribution in [0.3, 0.4) is 0 Å². The lowest BCUT2D eigenvalue weighted by Crippen LogP contribution is -2.39. The Labute approximate surface area is 213 Å². The van der Waals surface area contributed by atoms with E-state index in [9.17, 15) is 18.0 Å². The molecule has 0 saturated heterocycles. The Morgan fingerprint density at radius 2 is 1.75 bits per heavy atom. The van der Waals surface area contributed by atoms with Crippen molar-refractivity contribution in [2.45, 2.75) is 18.0 Å². The molecule has 10 nitrogen and oxygen atoms in total. The molecule has 0 aliphatic heterocycles. The smallest absolute Gasteiger partial charge is 0.329 e. The van der Waals surface area contributed by atoms with Crippen molar-refractivity contribution in [3.05, 3.63) is 88.8 Å². The molecular formula is C24H25ClN4O6S. The highest BCUT2D eigenvalue weighted by atomic mass is 35.5. The maximum absolute atomic E-state index is 13.4. The van der Waals surface area contributed by atoms with Crippen LogP contribution in [0.4, 0.5) is 0 Å². The number of ether oxygens (including phenoxy) is 1. The third-order valence-corrected chi connectivity index (χ3v) is 6.88. The van der Waals surface area contributed by atoms with Crippen LogP contribution < -0.4 is 10.7 Å². The van der Waals surface area contributed by atoms with Gasteiger partial charge in [-0.25, -0.2) is 13.8 Å². The van der Waals surface area contributed by atoms with Crippen LogP contribution in [0, 0.1) is 0 Å². The summed E-state index contributed by atoms with van der Waals surface area (Å²) in [5.74, 6) is -1.19. The van der Waals surface area contributed by atoms with E-state index in [0.717, 1.165) is 5.56 Å². The number of hydrogen-bond donors (Lipinski definition) is 2. The Hall–Kier alpha value is -3.51. The predicted octanol–water partition coefficient (Wildman–Crippen LogP) is 2.54. The lowest BCUT2D eigenvalue weighted by molar-refractivity contribution is -0.139. The van der Waals surface area contributed by atoms with E-state index in [1.807, 2.05) is 0 Å². The van der Waals surface area contributed by atoms with Gasteiger partial charge in [-0.15, -0.1) is 0 Å². The fraction of sp³-hybridized carbons (Fsp3) is 0.208. The molecule has 0 aliphatic rings. The number of amides is 2. The maximum atomic E-state index is 13.4. The summed E-state index contributed by atoms with van der Waals surface area (Å²) < 4.78 is 38.5. The molecule has 0 saturated carbocycles. The minimum absolute atomic E-state index is 0.0536. The van der Waals surface area contributed by atoms with E-state index < -0.39 is 21.8 Å². The van der Waals surface area contributed by atoms with Crippen LogP contribution >= 0.6 is 11.6 Å². The van der Waals surface area contributed by atoms with Gasteiger partial charge in [0.05, 0.1) is 24.3 Å². The van der Waals surface area contributed by atoms with Gasteiger partial charge in [-0.3, -0.25) is 9.59 Å². The highest BCUT2D eigenvalue weighted by Crippen LogP contribution is 2.22. The Bertz CT molecular complexity index is 1290. The normalized spacial score (nSPS) is 11.6. The number of benzene rings is 2. The van der Waals surface area contributed by atoms with Crippen molar-refractivity contribution in [1.29, 1.82) is 0 Å². The number of hydrogen-bond acceptors (Lipinski definition) is 7. The summed E-state index contributed by atoms with van der Waals surface area (Å²) in [7, 11) is -2.38. The highest BCUT2D eigenvalue weighted by molar-refractivity contribution is 7.89. The van der Waals surface area contributed by atoms with Crippen molar-refractivity contribution < 1.29 is 27.2 Å². The van der Waals surface area contributed by atoms with Gasteiger partial charge in [-0.1, -0.05) is 41.9 Å². The zero-order valence-electron chi connectivity index (χ0n) is 19.4. The first-order chi connectivity index (χ1) is 17.3. The monoisotopic (exact) mass is 532 g/mol. The summed E-state index contributed by atoms with van der Waals surface area (Å²) in [4.78, 5) is 23.5. The zero-order chi connectivity index (χ0) is 26.0. The molecule has 12 heteroatoms. The summed E-state index contributed by atoms with van der Waals surface area (Å²) in [5.41, 5.74) is 2.84. The molecule has 0 fully saturated rings. The Kier molecular flexibility index (Phi) is 9.77. The summed E-state index contributed by atoms with van der Waals surface area (Å²) >= 11 is 5.96. The molecule has 0 radical (unpaired) electrons. The van der Waals surface area contributed by atoms with Gasteiger partial charge in [0.1, 0.15) is 11.5 Å². The molecule has 0 atom stereocenters. The molecule has 2 aromatic carbocycles. The molecule has 1 aromatic heterocycles. The summed E-state index contributed by atoms with van der Waals surface area (Å²) in [6.07, 6.45) is 1.21. The minimum Gasteiger partial charge on any atom is -0.459 e. The van der Waals surface area contributed by atoms with E-state index in [1.165, 1.54) is 29.8 Å². The topological polar surface area (TPSA) is 130 Å².